The van der Waals surface area contributed by atoms with E-state index < -0.39 is 21.6 Å². The zero-order valence-corrected chi connectivity index (χ0v) is 15.4. The van der Waals surface area contributed by atoms with Crippen LogP contribution in [0.1, 0.15) is 29.6 Å². The number of hydrogen-bond acceptors (Lipinski definition) is 5. The Morgan fingerprint density at radius 2 is 1.70 bits per heavy atom. The number of rotatable bonds is 2. The quantitative estimate of drug-likeness (QED) is 0.690. The highest BCUT2D eigenvalue weighted by Gasteiger charge is 2.48. The molecule has 0 atom stereocenters. The van der Waals surface area contributed by atoms with Crippen LogP contribution in [0.2, 0.25) is 0 Å². The summed E-state index contributed by atoms with van der Waals surface area (Å²) in [7, 11) is -3.25. The molecule has 3 fully saturated rings. The SMILES string of the molecule is O=C1NC(=O)C2(CCN(C(=O)c3ccc(N4CCCS4(=O)=O)cc3)CC2)N1. The molecule has 0 aromatic heterocycles. The molecule has 3 heterocycles. The van der Waals surface area contributed by atoms with Crippen molar-refractivity contribution in [2.75, 3.05) is 29.7 Å². The third-order valence-corrected chi connectivity index (χ3v) is 7.29. The van der Waals surface area contributed by atoms with E-state index in [0.717, 1.165) is 0 Å². The summed E-state index contributed by atoms with van der Waals surface area (Å²) < 4.78 is 25.3. The molecule has 3 saturated heterocycles. The molecule has 10 heteroatoms. The van der Waals surface area contributed by atoms with E-state index in [9.17, 15) is 22.8 Å². The molecule has 3 aliphatic heterocycles. The fourth-order valence-corrected chi connectivity index (χ4v) is 5.42. The molecule has 0 aliphatic carbocycles. The van der Waals surface area contributed by atoms with E-state index in [-0.39, 0.29) is 17.6 Å². The van der Waals surface area contributed by atoms with Gasteiger partial charge < -0.3 is 10.2 Å². The van der Waals surface area contributed by atoms with Gasteiger partial charge in [-0.1, -0.05) is 0 Å². The Bertz CT molecular complexity index is 904. The van der Waals surface area contributed by atoms with E-state index >= 15 is 0 Å². The van der Waals surface area contributed by atoms with Crippen LogP contribution < -0.4 is 14.9 Å². The molecular weight excluding hydrogens is 372 g/mol. The molecular formula is C17H20N4O5S. The molecule has 1 aromatic rings. The van der Waals surface area contributed by atoms with E-state index in [4.69, 9.17) is 0 Å². The van der Waals surface area contributed by atoms with Gasteiger partial charge in [0.1, 0.15) is 5.54 Å². The summed E-state index contributed by atoms with van der Waals surface area (Å²) in [4.78, 5) is 37.7. The Morgan fingerprint density at radius 1 is 1.04 bits per heavy atom. The molecule has 3 aliphatic rings. The molecule has 4 rings (SSSR count). The number of nitrogens with one attached hydrogen (secondary N) is 2. The Balaban J connectivity index is 1.43. The number of hydrogen-bond donors (Lipinski definition) is 2. The third-order valence-electron chi connectivity index (χ3n) is 5.42. The minimum absolute atomic E-state index is 0.146. The number of urea groups is 1. The van der Waals surface area contributed by atoms with Gasteiger partial charge in [0.15, 0.2) is 0 Å². The summed E-state index contributed by atoms with van der Waals surface area (Å²) in [6.07, 6.45) is 1.32. The Morgan fingerprint density at radius 3 is 2.22 bits per heavy atom. The molecule has 0 unspecified atom stereocenters. The standard InChI is InChI=1S/C17H20N4O5S/c22-14(20-9-6-17(7-10-20)15(23)18-16(24)19-17)12-2-4-13(5-3-12)21-8-1-11-27(21,25)26/h2-5H,1,6-11H2,(H2,18,19,23,24). The molecule has 1 aromatic carbocycles. The van der Waals surface area contributed by atoms with Crippen LogP contribution in [0.4, 0.5) is 10.5 Å². The highest BCUT2D eigenvalue weighted by atomic mass is 32.2. The third kappa shape index (κ3) is 3.03. The molecule has 0 saturated carbocycles. The van der Waals surface area contributed by atoms with Gasteiger partial charge in [-0.15, -0.1) is 0 Å². The van der Waals surface area contributed by atoms with E-state index in [1.54, 1.807) is 29.2 Å². The van der Waals surface area contributed by atoms with Gasteiger partial charge in [-0.3, -0.25) is 19.2 Å². The largest absolute Gasteiger partial charge is 0.338 e. The van der Waals surface area contributed by atoms with Gasteiger partial charge in [-0.05, 0) is 43.5 Å². The molecule has 0 bridgehead atoms. The summed E-state index contributed by atoms with van der Waals surface area (Å²) in [6.45, 7) is 1.17. The van der Waals surface area contributed by atoms with Crippen molar-refractivity contribution in [3.63, 3.8) is 0 Å². The molecule has 2 N–H and O–H groups in total. The predicted octanol–water partition coefficient (Wildman–Crippen LogP) is 0.0407. The van der Waals surface area contributed by atoms with Crippen molar-refractivity contribution in [1.29, 1.82) is 0 Å². The number of likely N-dealkylation sites (tertiary alicyclic amines) is 1. The summed E-state index contributed by atoms with van der Waals surface area (Å²) >= 11 is 0. The number of carbonyl (C=O) groups excluding carboxylic acids is 3. The number of sulfonamides is 1. The first-order valence-electron chi connectivity index (χ1n) is 8.84. The van der Waals surface area contributed by atoms with Crippen LogP contribution >= 0.6 is 0 Å². The van der Waals surface area contributed by atoms with Gasteiger partial charge in [0.25, 0.3) is 11.8 Å². The van der Waals surface area contributed by atoms with E-state index in [0.29, 0.717) is 50.1 Å². The number of anilines is 1. The highest BCUT2D eigenvalue weighted by molar-refractivity contribution is 7.93. The summed E-state index contributed by atoms with van der Waals surface area (Å²) in [5.74, 6) is -0.367. The number of nitrogens with zero attached hydrogens (tertiary/aromatic N) is 2. The average Bonchev–Trinajstić information content (AvgIpc) is 3.13. The van der Waals surface area contributed by atoms with Crippen molar-refractivity contribution in [3.8, 4) is 0 Å². The zero-order valence-electron chi connectivity index (χ0n) is 14.6. The topological polar surface area (TPSA) is 116 Å². The summed E-state index contributed by atoms with van der Waals surface area (Å²) in [5.41, 5.74) is 0.111. The van der Waals surface area contributed by atoms with Crippen molar-refractivity contribution in [2.45, 2.75) is 24.8 Å². The lowest BCUT2D eigenvalue weighted by atomic mass is 9.87. The van der Waals surface area contributed by atoms with Crippen molar-refractivity contribution in [1.82, 2.24) is 15.5 Å². The Kier molecular flexibility index (Phi) is 4.10. The zero-order chi connectivity index (χ0) is 19.2. The number of amides is 4. The van der Waals surface area contributed by atoms with Crippen LogP contribution in [-0.4, -0.2) is 62.1 Å². The van der Waals surface area contributed by atoms with Crippen LogP contribution in [0.3, 0.4) is 0 Å². The van der Waals surface area contributed by atoms with Crippen LogP contribution in [0, 0.1) is 0 Å². The molecule has 0 radical (unpaired) electrons. The van der Waals surface area contributed by atoms with Crippen molar-refractivity contribution >= 4 is 33.6 Å². The van der Waals surface area contributed by atoms with Gasteiger partial charge in [0.05, 0.1) is 11.4 Å². The molecule has 27 heavy (non-hydrogen) atoms. The summed E-state index contributed by atoms with van der Waals surface area (Å²) in [5, 5.41) is 4.91. The normalized spacial score (nSPS) is 23.4. The monoisotopic (exact) mass is 392 g/mol. The highest BCUT2D eigenvalue weighted by Crippen LogP contribution is 2.28. The lowest BCUT2D eigenvalue weighted by Crippen LogP contribution is -2.55. The van der Waals surface area contributed by atoms with Gasteiger partial charge in [-0.2, -0.15) is 0 Å². The summed E-state index contributed by atoms with van der Waals surface area (Å²) in [6, 6.07) is 6.05. The van der Waals surface area contributed by atoms with Crippen molar-refractivity contribution in [2.24, 2.45) is 0 Å². The van der Waals surface area contributed by atoms with E-state index in [1.807, 2.05) is 0 Å². The smallest absolute Gasteiger partial charge is 0.322 e. The second-order valence-corrected chi connectivity index (χ2v) is 9.08. The lowest BCUT2D eigenvalue weighted by molar-refractivity contribution is -0.125. The Labute approximate surface area is 156 Å². The second-order valence-electron chi connectivity index (χ2n) is 7.07. The maximum absolute atomic E-state index is 12.7. The maximum atomic E-state index is 12.7. The van der Waals surface area contributed by atoms with Crippen LogP contribution in [-0.2, 0) is 14.8 Å². The van der Waals surface area contributed by atoms with E-state index in [2.05, 4.69) is 10.6 Å². The van der Waals surface area contributed by atoms with Gasteiger partial charge in [0, 0.05) is 25.2 Å². The molecule has 144 valence electrons. The molecule has 9 nitrogen and oxygen atoms in total. The fourth-order valence-electron chi connectivity index (χ4n) is 3.85. The fraction of sp³-hybridized carbons (Fsp3) is 0.471. The maximum Gasteiger partial charge on any atom is 0.322 e. The lowest BCUT2D eigenvalue weighted by Gasteiger charge is -2.37. The number of benzene rings is 1. The number of imide groups is 1. The van der Waals surface area contributed by atoms with Crippen molar-refractivity contribution in [3.05, 3.63) is 29.8 Å². The minimum Gasteiger partial charge on any atom is -0.338 e. The minimum atomic E-state index is -3.25. The molecule has 4 amide bonds. The average molecular weight is 392 g/mol. The van der Waals surface area contributed by atoms with Gasteiger partial charge in [0.2, 0.25) is 10.0 Å². The number of piperidine rings is 1. The van der Waals surface area contributed by atoms with E-state index in [1.165, 1.54) is 4.31 Å². The second kappa shape index (κ2) is 6.22. The van der Waals surface area contributed by atoms with Crippen LogP contribution in [0.25, 0.3) is 0 Å². The first kappa shape index (κ1) is 17.8. The van der Waals surface area contributed by atoms with Crippen LogP contribution in [0.15, 0.2) is 24.3 Å². The van der Waals surface area contributed by atoms with Crippen molar-refractivity contribution < 1.29 is 22.8 Å². The Hall–Kier alpha value is -2.62. The van der Waals surface area contributed by atoms with Gasteiger partial charge >= 0.3 is 6.03 Å². The first-order chi connectivity index (χ1) is 12.8. The van der Waals surface area contributed by atoms with Crippen LogP contribution in [0.5, 0.6) is 0 Å². The molecule has 1 spiro atoms. The predicted molar refractivity (Wildman–Crippen MR) is 96.7 cm³/mol. The number of carbonyl (C=O) groups is 3. The van der Waals surface area contributed by atoms with Gasteiger partial charge in [-0.25, -0.2) is 13.2 Å². The first-order valence-corrected chi connectivity index (χ1v) is 10.5.